The summed E-state index contributed by atoms with van der Waals surface area (Å²) in [5.74, 6) is -0.311. The molecular weight excluding hydrogens is 287 g/mol. The Balaban J connectivity index is 2.70. The molecule has 0 aliphatic heterocycles. The first kappa shape index (κ1) is 13.8. The van der Waals surface area contributed by atoms with E-state index in [4.69, 9.17) is 23.2 Å². The van der Waals surface area contributed by atoms with Gasteiger partial charge in [-0.2, -0.15) is 5.10 Å². The topological polar surface area (TPSA) is 52.0 Å². The summed E-state index contributed by atoms with van der Waals surface area (Å²) >= 11 is 11.9. The molecule has 0 fully saturated rings. The second-order valence-electron chi connectivity index (χ2n) is 4.05. The van der Waals surface area contributed by atoms with Gasteiger partial charge in [0.2, 0.25) is 0 Å². The molecule has 98 valence electrons. The van der Waals surface area contributed by atoms with Gasteiger partial charge >= 0.3 is 0 Å². The van der Waals surface area contributed by atoms with E-state index in [0.717, 1.165) is 4.68 Å². The smallest absolute Gasteiger partial charge is 0.277 e. The number of hydrogen-bond donors (Lipinski definition) is 0. The van der Waals surface area contributed by atoms with Gasteiger partial charge < -0.3 is 0 Å². The summed E-state index contributed by atoms with van der Waals surface area (Å²) in [5.41, 5.74) is 0.720. The molecule has 0 spiro atoms. The molecule has 19 heavy (non-hydrogen) atoms. The van der Waals surface area contributed by atoms with E-state index < -0.39 is 5.56 Å². The molecule has 0 saturated carbocycles. The molecule has 0 amide bonds. The van der Waals surface area contributed by atoms with Crippen LogP contribution in [-0.2, 0) is 7.05 Å². The Morgan fingerprint density at radius 3 is 2.53 bits per heavy atom. The Morgan fingerprint density at radius 1 is 1.26 bits per heavy atom. The molecular formula is C13H10Cl2N2O2. The Labute approximate surface area is 119 Å². The molecule has 0 unspecified atom stereocenters. The summed E-state index contributed by atoms with van der Waals surface area (Å²) in [6.45, 7) is 1.34. The number of halogens is 2. The molecule has 0 atom stereocenters. The maximum Gasteiger partial charge on any atom is 0.277 e. The van der Waals surface area contributed by atoms with Gasteiger partial charge in [-0.25, -0.2) is 4.68 Å². The number of aryl methyl sites for hydroxylation is 1. The minimum Gasteiger partial charge on any atom is -0.294 e. The quantitative estimate of drug-likeness (QED) is 0.801. The van der Waals surface area contributed by atoms with Crippen LogP contribution in [0.3, 0.4) is 0 Å². The summed E-state index contributed by atoms with van der Waals surface area (Å²) in [4.78, 5) is 23.2. The van der Waals surface area contributed by atoms with E-state index >= 15 is 0 Å². The largest absolute Gasteiger partial charge is 0.294 e. The van der Waals surface area contributed by atoms with E-state index in [0.29, 0.717) is 21.3 Å². The molecule has 0 aliphatic rings. The Kier molecular flexibility index (Phi) is 3.73. The number of aromatic nitrogens is 2. The summed E-state index contributed by atoms with van der Waals surface area (Å²) in [5, 5.41) is 5.02. The van der Waals surface area contributed by atoms with Gasteiger partial charge in [-0.3, -0.25) is 9.59 Å². The fourth-order valence-electron chi connectivity index (χ4n) is 1.69. The highest BCUT2D eigenvalue weighted by molar-refractivity contribution is 6.36. The fourth-order valence-corrected chi connectivity index (χ4v) is 2.20. The highest BCUT2D eigenvalue weighted by Crippen LogP contribution is 2.28. The number of ketones is 1. The molecule has 0 saturated heterocycles. The Bertz CT molecular complexity index is 723. The van der Waals surface area contributed by atoms with Gasteiger partial charge in [-0.1, -0.05) is 23.2 Å². The van der Waals surface area contributed by atoms with E-state index in [2.05, 4.69) is 5.10 Å². The van der Waals surface area contributed by atoms with Crippen molar-refractivity contribution in [2.45, 2.75) is 6.92 Å². The normalized spacial score (nSPS) is 10.5. The highest BCUT2D eigenvalue weighted by Gasteiger charge is 2.13. The number of hydrogen-bond acceptors (Lipinski definition) is 3. The van der Waals surface area contributed by atoms with E-state index in [1.165, 1.54) is 20.0 Å². The van der Waals surface area contributed by atoms with Crippen molar-refractivity contribution in [1.82, 2.24) is 9.78 Å². The highest BCUT2D eigenvalue weighted by atomic mass is 35.5. The molecule has 4 nitrogen and oxygen atoms in total. The summed E-state index contributed by atoms with van der Waals surface area (Å²) in [6, 6.07) is 6.39. The molecule has 2 aromatic rings. The van der Waals surface area contributed by atoms with E-state index in [-0.39, 0.29) is 11.3 Å². The van der Waals surface area contributed by atoms with Crippen LogP contribution in [-0.4, -0.2) is 15.6 Å². The average Bonchev–Trinajstić information content (AvgIpc) is 2.32. The van der Waals surface area contributed by atoms with Crippen LogP contribution in [0.5, 0.6) is 0 Å². The van der Waals surface area contributed by atoms with Crippen LogP contribution >= 0.6 is 23.2 Å². The zero-order valence-corrected chi connectivity index (χ0v) is 11.8. The second-order valence-corrected chi connectivity index (χ2v) is 4.90. The van der Waals surface area contributed by atoms with E-state index in [9.17, 15) is 9.59 Å². The minimum atomic E-state index is -0.429. The van der Waals surface area contributed by atoms with Crippen LogP contribution in [0.1, 0.15) is 17.3 Å². The molecule has 0 radical (unpaired) electrons. The second kappa shape index (κ2) is 5.15. The van der Waals surface area contributed by atoms with Gasteiger partial charge in [0.15, 0.2) is 5.78 Å². The average molecular weight is 297 g/mol. The zero-order chi connectivity index (χ0) is 14.2. The monoisotopic (exact) mass is 296 g/mol. The number of benzene rings is 1. The maximum absolute atomic E-state index is 11.8. The molecule has 2 rings (SSSR count). The predicted molar refractivity (Wildman–Crippen MR) is 74.9 cm³/mol. The SMILES string of the molecule is CC(=O)c1cc(-c2ccc(Cl)cc2Cl)nn(C)c1=O. The lowest BCUT2D eigenvalue weighted by molar-refractivity contribution is 0.101. The summed E-state index contributed by atoms with van der Waals surface area (Å²) in [7, 11) is 1.49. The maximum atomic E-state index is 11.8. The number of Topliss-reactive ketones (excluding diaryl/α,β-unsaturated/α-hetero) is 1. The first-order valence-electron chi connectivity index (χ1n) is 5.45. The molecule has 1 aromatic heterocycles. The van der Waals surface area contributed by atoms with Crippen molar-refractivity contribution >= 4 is 29.0 Å². The van der Waals surface area contributed by atoms with Crippen LogP contribution < -0.4 is 5.56 Å². The molecule has 6 heteroatoms. The van der Waals surface area contributed by atoms with Crippen molar-refractivity contribution in [2.24, 2.45) is 7.05 Å². The third kappa shape index (κ3) is 2.69. The van der Waals surface area contributed by atoms with Gasteiger partial charge in [0.05, 0.1) is 16.3 Å². The molecule has 1 aromatic carbocycles. The van der Waals surface area contributed by atoms with Crippen molar-refractivity contribution in [3.05, 3.63) is 50.2 Å². The lowest BCUT2D eigenvalue weighted by Crippen LogP contribution is -2.25. The van der Waals surface area contributed by atoms with Crippen LogP contribution in [0.25, 0.3) is 11.3 Å². The zero-order valence-electron chi connectivity index (χ0n) is 10.3. The third-order valence-corrected chi connectivity index (χ3v) is 3.20. The molecule has 0 aliphatic carbocycles. The van der Waals surface area contributed by atoms with Gasteiger partial charge in [0.25, 0.3) is 5.56 Å². The number of nitrogens with zero attached hydrogens (tertiary/aromatic N) is 2. The van der Waals surface area contributed by atoms with Gasteiger partial charge in [0, 0.05) is 17.6 Å². The first-order valence-corrected chi connectivity index (χ1v) is 6.20. The van der Waals surface area contributed by atoms with Crippen LogP contribution in [0.2, 0.25) is 10.0 Å². The Hall–Kier alpha value is -1.65. The van der Waals surface area contributed by atoms with Gasteiger partial charge in [0.1, 0.15) is 0 Å². The molecule has 0 bridgehead atoms. The first-order chi connectivity index (χ1) is 8.90. The van der Waals surface area contributed by atoms with Gasteiger partial charge in [-0.05, 0) is 31.2 Å². The predicted octanol–water partition coefficient (Wildman–Crippen LogP) is 2.96. The number of carbonyl (C=O) groups is 1. The molecule has 0 N–H and O–H groups in total. The van der Waals surface area contributed by atoms with Crippen molar-refractivity contribution in [2.75, 3.05) is 0 Å². The van der Waals surface area contributed by atoms with Crippen LogP contribution in [0.15, 0.2) is 29.1 Å². The van der Waals surface area contributed by atoms with Crippen molar-refractivity contribution < 1.29 is 4.79 Å². The van der Waals surface area contributed by atoms with Crippen molar-refractivity contribution in [3.63, 3.8) is 0 Å². The number of carbonyl (C=O) groups excluding carboxylic acids is 1. The molecule has 1 heterocycles. The lowest BCUT2D eigenvalue weighted by atomic mass is 10.1. The summed E-state index contributed by atoms with van der Waals surface area (Å²) < 4.78 is 1.12. The van der Waals surface area contributed by atoms with Gasteiger partial charge in [-0.15, -0.1) is 0 Å². The minimum absolute atomic E-state index is 0.0820. The van der Waals surface area contributed by atoms with Crippen LogP contribution in [0, 0.1) is 0 Å². The Morgan fingerprint density at radius 2 is 1.95 bits per heavy atom. The fraction of sp³-hybridized carbons (Fsp3) is 0.154. The van der Waals surface area contributed by atoms with Crippen molar-refractivity contribution in [1.29, 1.82) is 0 Å². The lowest BCUT2D eigenvalue weighted by Gasteiger charge is -2.07. The van der Waals surface area contributed by atoms with E-state index in [1.807, 2.05) is 0 Å². The van der Waals surface area contributed by atoms with Crippen LogP contribution in [0.4, 0.5) is 0 Å². The van der Waals surface area contributed by atoms with Crippen molar-refractivity contribution in [3.8, 4) is 11.3 Å². The standard InChI is InChI=1S/C13H10Cl2N2O2/c1-7(18)10-6-12(16-17(2)13(10)19)9-4-3-8(14)5-11(9)15/h3-6H,1-2H3. The third-order valence-electron chi connectivity index (χ3n) is 2.65. The van der Waals surface area contributed by atoms with E-state index in [1.54, 1.807) is 18.2 Å². The summed E-state index contributed by atoms with van der Waals surface area (Å²) in [6.07, 6.45) is 0. The number of rotatable bonds is 2.